The molecule has 3 heterocycles. The summed E-state index contributed by atoms with van der Waals surface area (Å²) >= 11 is 0. The molecular weight excluding hydrogens is 331 g/mol. The van der Waals surface area contributed by atoms with E-state index in [1.807, 2.05) is 23.0 Å². The van der Waals surface area contributed by atoms with Gasteiger partial charge in [-0.2, -0.15) is 5.10 Å². The largest absolute Gasteiger partial charge is 0.366 e. The lowest BCUT2D eigenvalue weighted by Gasteiger charge is -2.37. The van der Waals surface area contributed by atoms with Gasteiger partial charge < -0.3 is 15.0 Å². The number of halogens is 1. The Morgan fingerprint density at radius 3 is 2.65 bits per heavy atom. The first-order valence-corrected chi connectivity index (χ1v) is 9.57. The first kappa shape index (κ1) is 17.5. The number of nitrogens with one attached hydrogen (secondary N) is 1. The van der Waals surface area contributed by atoms with Gasteiger partial charge in [-0.15, -0.1) is 0 Å². The van der Waals surface area contributed by atoms with Crippen molar-refractivity contribution in [2.75, 3.05) is 24.6 Å². The van der Waals surface area contributed by atoms with Crippen molar-refractivity contribution in [1.82, 2.24) is 15.1 Å². The maximum atomic E-state index is 14.8. The smallest absolute Gasteiger partial charge is 0.150 e. The lowest BCUT2D eigenvalue weighted by molar-refractivity contribution is -0.0394. The summed E-state index contributed by atoms with van der Waals surface area (Å²) in [6.45, 7) is 6.69. The Hall–Kier alpha value is -1.92. The van der Waals surface area contributed by atoms with E-state index < -0.39 is 0 Å². The van der Waals surface area contributed by atoms with Gasteiger partial charge in [-0.1, -0.05) is 6.07 Å². The Kier molecular flexibility index (Phi) is 4.96. The summed E-state index contributed by atoms with van der Waals surface area (Å²) in [6, 6.07) is 6.21. The Bertz CT molecular complexity index is 746. The van der Waals surface area contributed by atoms with Crippen LogP contribution in [0.2, 0.25) is 0 Å². The van der Waals surface area contributed by atoms with Crippen LogP contribution in [0, 0.1) is 5.82 Å². The van der Waals surface area contributed by atoms with Crippen molar-refractivity contribution in [2.45, 2.75) is 51.4 Å². The number of hydrogen-bond donors (Lipinski definition) is 1. The number of aromatic nitrogens is 2. The van der Waals surface area contributed by atoms with Gasteiger partial charge in [-0.3, -0.25) is 0 Å². The summed E-state index contributed by atoms with van der Waals surface area (Å²) in [7, 11) is 0. The van der Waals surface area contributed by atoms with Gasteiger partial charge in [0, 0.05) is 43.5 Å². The molecule has 2 aromatic rings. The standard InChI is InChI=1S/C20H27FN4O/c1-14-11-24(12-15(2)23-14)19-7-6-16(9-18(19)21)17-10-22-25(13-17)20-5-3-4-8-26-20/h6-7,9-10,13-15,20,23H,3-5,8,11-12H2,1-2H3. The normalized spacial score (nSPS) is 26.9. The molecule has 0 bridgehead atoms. The zero-order valence-corrected chi connectivity index (χ0v) is 15.5. The van der Waals surface area contributed by atoms with E-state index in [4.69, 9.17) is 4.74 Å². The van der Waals surface area contributed by atoms with E-state index in [2.05, 4.69) is 29.2 Å². The van der Waals surface area contributed by atoms with Crippen molar-refractivity contribution in [2.24, 2.45) is 0 Å². The van der Waals surface area contributed by atoms with E-state index in [0.29, 0.717) is 17.8 Å². The molecule has 1 N–H and O–H groups in total. The van der Waals surface area contributed by atoms with Gasteiger partial charge in [0.05, 0.1) is 11.9 Å². The third-order valence-electron chi connectivity index (χ3n) is 5.23. The van der Waals surface area contributed by atoms with Gasteiger partial charge >= 0.3 is 0 Å². The zero-order chi connectivity index (χ0) is 18.1. The number of nitrogens with zero attached hydrogens (tertiary/aromatic N) is 3. The second-order valence-corrected chi connectivity index (χ2v) is 7.57. The molecule has 26 heavy (non-hydrogen) atoms. The number of ether oxygens (including phenoxy) is 1. The molecule has 0 saturated carbocycles. The van der Waals surface area contributed by atoms with Gasteiger partial charge in [0.25, 0.3) is 0 Å². The van der Waals surface area contributed by atoms with Crippen molar-refractivity contribution < 1.29 is 9.13 Å². The molecule has 0 amide bonds. The van der Waals surface area contributed by atoms with Crippen LogP contribution in [0.1, 0.15) is 39.3 Å². The van der Waals surface area contributed by atoms with Gasteiger partial charge in [-0.25, -0.2) is 9.07 Å². The average molecular weight is 358 g/mol. The minimum Gasteiger partial charge on any atom is -0.366 e. The van der Waals surface area contributed by atoms with Crippen LogP contribution in [0.4, 0.5) is 10.1 Å². The molecule has 3 unspecified atom stereocenters. The highest BCUT2D eigenvalue weighted by atomic mass is 19.1. The maximum absolute atomic E-state index is 14.8. The Labute approximate surface area is 154 Å². The molecule has 2 saturated heterocycles. The number of benzene rings is 1. The molecule has 2 fully saturated rings. The van der Waals surface area contributed by atoms with Gasteiger partial charge in [0.2, 0.25) is 0 Å². The van der Waals surface area contributed by atoms with Gasteiger partial charge in [-0.05, 0) is 50.8 Å². The number of hydrogen-bond acceptors (Lipinski definition) is 4. The molecule has 5 nitrogen and oxygen atoms in total. The second kappa shape index (κ2) is 7.37. The quantitative estimate of drug-likeness (QED) is 0.911. The Morgan fingerprint density at radius 2 is 1.96 bits per heavy atom. The molecule has 4 rings (SSSR count). The average Bonchev–Trinajstić information content (AvgIpc) is 3.11. The van der Waals surface area contributed by atoms with Crippen LogP contribution < -0.4 is 10.2 Å². The second-order valence-electron chi connectivity index (χ2n) is 7.57. The van der Waals surface area contributed by atoms with Crippen molar-refractivity contribution in [3.8, 4) is 11.1 Å². The van der Waals surface area contributed by atoms with Crippen LogP contribution in [-0.2, 0) is 4.74 Å². The highest BCUT2D eigenvalue weighted by Crippen LogP contribution is 2.29. The van der Waals surface area contributed by atoms with E-state index in [-0.39, 0.29) is 12.0 Å². The lowest BCUT2D eigenvalue weighted by atomic mass is 10.1. The van der Waals surface area contributed by atoms with E-state index in [0.717, 1.165) is 50.1 Å². The maximum Gasteiger partial charge on any atom is 0.150 e. The van der Waals surface area contributed by atoms with Crippen LogP contribution in [0.3, 0.4) is 0 Å². The van der Waals surface area contributed by atoms with Crippen molar-refractivity contribution in [3.05, 3.63) is 36.4 Å². The number of piperazine rings is 1. The van der Waals surface area contributed by atoms with E-state index in [1.54, 1.807) is 12.3 Å². The summed E-state index contributed by atoms with van der Waals surface area (Å²) in [6.07, 6.45) is 7.00. The third kappa shape index (κ3) is 3.62. The fraction of sp³-hybridized carbons (Fsp3) is 0.550. The van der Waals surface area contributed by atoms with E-state index in [1.165, 1.54) is 0 Å². The molecule has 2 aliphatic heterocycles. The number of anilines is 1. The predicted octanol–water partition coefficient (Wildman–Crippen LogP) is 3.57. The Balaban J connectivity index is 1.53. The zero-order valence-electron chi connectivity index (χ0n) is 15.5. The molecule has 140 valence electrons. The minimum absolute atomic E-state index is 0.00504. The van der Waals surface area contributed by atoms with Crippen molar-refractivity contribution >= 4 is 5.69 Å². The highest BCUT2D eigenvalue weighted by molar-refractivity contribution is 5.66. The van der Waals surface area contributed by atoms with Gasteiger partial charge in [0.1, 0.15) is 12.0 Å². The van der Waals surface area contributed by atoms with Crippen LogP contribution in [-0.4, -0.2) is 41.6 Å². The molecule has 1 aromatic heterocycles. The van der Waals surface area contributed by atoms with Gasteiger partial charge in [0.15, 0.2) is 0 Å². The fourth-order valence-electron chi connectivity index (χ4n) is 4.04. The first-order chi connectivity index (χ1) is 12.6. The summed E-state index contributed by atoms with van der Waals surface area (Å²) in [5.74, 6) is -0.175. The van der Waals surface area contributed by atoms with Crippen LogP contribution in [0.5, 0.6) is 0 Å². The highest BCUT2D eigenvalue weighted by Gasteiger charge is 2.23. The molecule has 0 aliphatic carbocycles. The first-order valence-electron chi connectivity index (χ1n) is 9.57. The lowest BCUT2D eigenvalue weighted by Crippen LogP contribution is -2.54. The van der Waals surface area contributed by atoms with E-state index in [9.17, 15) is 4.39 Å². The molecule has 1 aromatic carbocycles. The predicted molar refractivity (Wildman–Crippen MR) is 101 cm³/mol. The fourth-order valence-corrected chi connectivity index (χ4v) is 4.04. The van der Waals surface area contributed by atoms with Crippen molar-refractivity contribution in [1.29, 1.82) is 0 Å². The minimum atomic E-state index is -0.175. The summed E-state index contributed by atoms with van der Waals surface area (Å²) < 4.78 is 22.5. The molecule has 3 atom stereocenters. The molecule has 0 spiro atoms. The van der Waals surface area contributed by atoms with Crippen LogP contribution in [0.25, 0.3) is 11.1 Å². The summed E-state index contributed by atoms with van der Waals surface area (Å²) in [4.78, 5) is 2.13. The van der Waals surface area contributed by atoms with Crippen molar-refractivity contribution in [3.63, 3.8) is 0 Å². The topological polar surface area (TPSA) is 42.3 Å². The van der Waals surface area contributed by atoms with E-state index >= 15 is 0 Å². The Morgan fingerprint density at radius 1 is 1.15 bits per heavy atom. The van der Waals surface area contributed by atoms with Crippen LogP contribution >= 0.6 is 0 Å². The van der Waals surface area contributed by atoms with Crippen LogP contribution in [0.15, 0.2) is 30.6 Å². The third-order valence-corrected chi connectivity index (χ3v) is 5.23. The molecular formula is C20H27FN4O. The summed E-state index contributed by atoms with van der Waals surface area (Å²) in [5, 5.41) is 7.91. The molecule has 2 aliphatic rings. The molecule has 6 heteroatoms. The molecule has 0 radical (unpaired) electrons. The summed E-state index contributed by atoms with van der Waals surface area (Å²) in [5.41, 5.74) is 2.45. The SMILES string of the molecule is CC1CN(c2ccc(-c3cnn(C4CCCCO4)c3)cc2F)CC(C)N1. The monoisotopic (exact) mass is 358 g/mol. The number of rotatable bonds is 3.